The van der Waals surface area contributed by atoms with Gasteiger partial charge in [0.25, 0.3) is 0 Å². The maximum absolute atomic E-state index is 10.1. The summed E-state index contributed by atoms with van der Waals surface area (Å²) >= 11 is 0. The summed E-state index contributed by atoms with van der Waals surface area (Å²) in [4.78, 5) is 40.9. The Bertz CT molecular complexity index is 365. The van der Waals surface area contributed by atoms with Crippen LogP contribution in [0.5, 0.6) is 0 Å². The lowest BCUT2D eigenvalue weighted by molar-refractivity contribution is 0.384. The molecule has 0 heterocycles. The Morgan fingerprint density at radius 3 is 1.33 bits per heavy atom. The van der Waals surface area contributed by atoms with Crippen LogP contribution in [0.3, 0.4) is 0 Å². The van der Waals surface area contributed by atoms with E-state index in [0.717, 1.165) is 37.4 Å². The number of aliphatic imine (C=N–C) groups is 3. The second-order valence-electron chi connectivity index (χ2n) is 4.62. The van der Waals surface area contributed by atoms with E-state index in [1.165, 1.54) is 18.2 Å². The van der Waals surface area contributed by atoms with Crippen LogP contribution in [0, 0.1) is 0 Å². The second-order valence-corrected chi connectivity index (χ2v) is 8.89. The molecular formula is C13H21N3O4Si. The standard InChI is InChI=1S/C13H21N3O4Si/c1-20-21(8-2-5-14-11-17,9-3-6-15-12-18)10-4-7-16-13-19/h2-10H2,1H3. The van der Waals surface area contributed by atoms with E-state index >= 15 is 0 Å². The molecule has 0 bridgehead atoms. The Labute approximate surface area is 125 Å². The maximum Gasteiger partial charge on any atom is 0.234 e. The predicted octanol–water partition coefficient (Wildman–Crippen LogP) is 1.76. The van der Waals surface area contributed by atoms with Crippen LogP contribution in [-0.4, -0.2) is 53.3 Å². The molecular weight excluding hydrogens is 290 g/mol. The number of isocyanates is 3. The van der Waals surface area contributed by atoms with Crippen molar-refractivity contribution in [3.05, 3.63) is 0 Å². The quantitative estimate of drug-likeness (QED) is 0.224. The highest BCUT2D eigenvalue weighted by atomic mass is 28.4. The molecule has 0 spiro atoms. The van der Waals surface area contributed by atoms with Gasteiger partial charge in [0, 0.05) is 7.11 Å². The average Bonchev–Trinajstić information content (AvgIpc) is 2.51. The molecule has 7 nitrogen and oxygen atoms in total. The van der Waals surface area contributed by atoms with Crippen molar-refractivity contribution in [3.63, 3.8) is 0 Å². The first-order valence-corrected chi connectivity index (χ1v) is 9.43. The van der Waals surface area contributed by atoms with Crippen LogP contribution in [0.1, 0.15) is 19.3 Å². The molecule has 0 radical (unpaired) electrons. The summed E-state index contributed by atoms with van der Waals surface area (Å²) in [5.74, 6) is 0. The molecule has 116 valence electrons. The second kappa shape index (κ2) is 13.3. The largest absolute Gasteiger partial charge is 0.420 e. The van der Waals surface area contributed by atoms with Gasteiger partial charge in [-0.05, 0) is 37.4 Å². The van der Waals surface area contributed by atoms with Crippen molar-refractivity contribution in [2.75, 3.05) is 26.7 Å². The van der Waals surface area contributed by atoms with Crippen LogP contribution in [-0.2, 0) is 18.8 Å². The van der Waals surface area contributed by atoms with Gasteiger partial charge < -0.3 is 4.43 Å². The van der Waals surface area contributed by atoms with Crippen LogP contribution >= 0.6 is 0 Å². The van der Waals surface area contributed by atoms with Crippen molar-refractivity contribution in [2.24, 2.45) is 15.0 Å². The number of hydrogen-bond acceptors (Lipinski definition) is 7. The molecule has 0 atom stereocenters. The zero-order chi connectivity index (χ0) is 15.8. The summed E-state index contributed by atoms with van der Waals surface area (Å²) in [5, 5.41) is 0. The minimum Gasteiger partial charge on any atom is -0.420 e. The first-order chi connectivity index (χ1) is 10.2. The van der Waals surface area contributed by atoms with Crippen molar-refractivity contribution < 1.29 is 18.8 Å². The zero-order valence-corrected chi connectivity index (χ0v) is 13.3. The van der Waals surface area contributed by atoms with Crippen molar-refractivity contribution in [3.8, 4) is 0 Å². The van der Waals surface area contributed by atoms with E-state index in [4.69, 9.17) is 4.43 Å². The summed E-state index contributed by atoms with van der Waals surface area (Å²) in [7, 11) is -0.293. The van der Waals surface area contributed by atoms with Crippen LogP contribution in [0.25, 0.3) is 0 Å². The smallest absolute Gasteiger partial charge is 0.234 e. The van der Waals surface area contributed by atoms with Gasteiger partial charge in [0.05, 0.1) is 19.6 Å². The molecule has 0 N–H and O–H groups in total. The van der Waals surface area contributed by atoms with Gasteiger partial charge in [-0.2, -0.15) is 0 Å². The van der Waals surface area contributed by atoms with Crippen molar-refractivity contribution in [1.82, 2.24) is 0 Å². The van der Waals surface area contributed by atoms with E-state index < -0.39 is 8.32 Å². The molecule has 0 rings (SSSR count). The van der Waals surface area contributed by atoms with Gasteiger partial charge in [0.15, 0.2) is 8.32 Å². The van der Waals surface area contributed by atoms with Crippen LogP contribution in [0.4, 0.5) is 0 Å². The Balaban J connectivity index is 4.51. The fourth-order valence-electron chi connectivity index (χ4n) is 2.26. The highest BCUT2D eigenvalue weighted by molar-refractivity contribution is 6.73. The average molecular weight is 311 g/mol. The van der Waals surface area contributed by atoms with Gasteiger partial charge in [-0.3, -0.25) is 0 Å². The van der Waals surface area contributed by atoms with Crippen molar-refractivity contribution in [2.45, 2.75) is 37.4 Å². The monoisotopic (exact) mass is 311 g/mol. The Kier molecular flexibility index (Phi) is 12.2. The first-order valence-electron chi connectivity index (χ1n) is 6.90. The molecule has 21 heavy (non-hydrogen) atoms. The summed E-state index contributed by atoms with van der Waals surface area (Å²) in [6, 6.07) is 2.60. The minimum absolute atomic E-state index is 0.445. The van der Waals surface area contributed by atoms with Gasteiger partial charge in [-0.25, -0.2) is 29.4 Å². The molecule has 0 saturated heterocycles. The summed E-state index contributed by atoms with van der Waals surface area (Å²) in [6.45, 7) is 1.34. The van der Waals surface area contributed by atoms with Crippen LogP contribution < -0.4 is 0 Å². The molecule has 0 aromatic rings. The Hall–Kier alpha value is -1.68. The van der Waals surface area contributed by atoms with E-state index in [2.05, 4.69) is 15.0 Å². The molecule has 0 aliphatic heterocycles. The van der Waals surface area contributed by atoms with E-state index in [1.54, 1.807) is 7.11 Å². The van der Waals surface area contributed by atoms with Gasteiger partial charge >= 0.3 is 0 Å². The number of nitrogens with zero attached hydrogens (tertiary/aromatic N) is 3. The maximum atomic E-state index is 10.1. The fourth-order valence-corrected chi connectivity index (χ4v) is 6.03. The number of rotatable bonds is 13. The molecule has 0 unspecified atom stereocenters. The third kappa shape index (κ3) is 9.79. The summed E-state index contributed by atoms with van der Waals surface area (Å²) < 4.78 is 5.80. The molecule has 0 aliphatic carbocycles. The molecule has 8 heteroatoms. The molecule has 0 fully saturated rings. The van der Waals surface area contributed by atoms with Gasteiger partial charge in [-0.1, -0.05) is 0 Å². The molecule has 0 aromatic heterocycles. The van der Waals surface area contributed by atoms with Gasteiger partial charge in [0.1, 0.15) is 0 Å². The zero-order valence-electron chi connectivity index (χ0n) is 12.3. The lowest BCUT2D eigenvalue weighted by Gasteiger charge is -2.29. The SMILES string of the molecule is CO[Si](CCCN=C=O)(CCCN=C=O)CCCN=C=O. The minimum atomic E-state index is -1.99. The lowest BCUT2D eigenvalue weighted by Crippen LogP contribution is -2.37. The fraction of sp³-hybridized carbons (Fsp3) is 0.769. The number of carbonyl (C=O) groups excluding carboxylic acids is 3. The third-order valence-electron chi connectivity index (χ3n) is 3.33. The summed E-state index contributed by atoms with van der Waals surface area (Å²) in [5.41, 5.74) is 0. The lowest BCUT2D eigenvalue weighted by atomic mass is 10.5. The predicted molar refractivity (Wildman–Crippen MR) is 80.0 cm³/mol. The molecule has 0 aliphatic rings. The van der Waals surface area contributed by atoms with Crippen molar-refractivity contribution in [1.29, 1.82) is 0 Å². The molecule has 0 amide bonds. The topological polar surface area (TPSA) is 97.5 Å². The van der Waals surface area contributed by atoms with Gasteiger partial charge in [0.2, 0.25) is 18.2 Å². The van der Waals surface area contributed by atoms with Crippen molar-refractivity contribution >= 4 is 26.6 Å². The summed E-state index contributed by atoms with van der Waals surface area (Å²) in [6.07, 6.45) is 6.88. The highest BCUT2D eigenvalue weighted by Gasteiger charge is 2.32. The van der Waals surface area contributed by atoms with Gasteiger partial charge in [-0.15, -0.1) is 0 Å². The van der Waals surface area contributed by atoms with Crippen LogP contribution in [0.15, 0.2) is 15.0 Å². The third-order valence-corrected chi connectivity index (χ3v) is 7.99. The van der Waals surface area contributed by atoms with E-state index in [9.17, 15) is 14.4 Å². The Morgan fingerprint density at radius 1 is 0.762 bits per heavy atom. The van der Waals surface area contributed by atoms with E-state index in [1.807, 2.05) is 0 Å². The number of hydrogen-bond donors (Lipinski definition) is 0. The highest BCUT2D eigenvalue weighted by Crippen LogP contribution is 2.27. The first kappa shape index (κ1) is 19.3. The van der Waals surface area contributed by atoms with E-state index in [-0.39, 0.29) is 0 Å². The van der Waals surface area contributed by atoms with E-state index in [0.29, 0.717) is 19.6 Å². The normalized spacial score (nSPS) is 12.4. The molecule has 0 aromatic carbocycles. The Morgan fingerprint density at radius 2 is 1.10 bits per heavy atom. The molecule has 0 saturated carbocycles. The van der Waals surface area contributed by atoms with Crippen LogP contribution in [0.2, 0.25) is 18.1 Å².